The Morgan fingerprint density at radius 2 is 2.14 bits per heavy atom. The Hall–Kier alpha value is -0.900. The third-order valence-corrected chi connectivity index (χ3v) is 2.75. The van der Waals surface area contributed by atoms with Crippen LogP contribution in [0.1, 0.15) is 33.6 Å². The molecule has 1 aliphatic heterocycles. The van der Waals surface area contributed by atoms with E-state index in [0.29, 0.717) is 0 Å². The van der Waals surface area contributed by atoms with Crippen LogP contribution in [0.4, 0.5) is 0 Å². The lowest BCUT2D eigenvalue weighted by atomic mass is 9.90. The van der Waals surface area contributed by atoms with Crippen LogP contribution in [0.2, 0.25) is 0 Å². The molecule has 0 aliphatic carbocycles. The summed E-state index contributed by atoms with van der Waals surface area (Å²) >= 11 is 0. The van der Waals surface area contributed by atoms with Gasteiger partial charge in [0.1, 0.15) is 0 Å². The van der Waals surface area contributed by atoms with Crippen molar-refractivity contribution in [1.82, 2.24) is 10.6 Å². The number of carbonyl (C=O) groups excluding carboxylic acids is 2. The molecule has 2 amide bonds. The predicted molar refractivity (Wildman–Crippen MR) is 53.6 cm³/mol. The van der Waals surface area contributed by atoms with Gasteiger partial charge in [0.2, 0.25) is 11.8 Å². The molecule has 1 aliphatic rings. The lowest BCUT2D eigenvalue weighted by molar-refractivity contribution is -0.125. The van der Waals surface area contributed by atoms with E-state index in [1.165, 1.54) is 0 Å². The van der Waals surface area contributed by atoms with Crippen molar-refractivity contribution in [2.45, 2.75) is 39.7 Å². The smallest absolute Gasteiger partial charge is 0.244 e. The van der Waals surface area contributed by atoms with Gasteiger partial charge in [-0.2, -0.15) is 0 Å². The van der Waals surface area contributed by atoms with Gasteiger partial charge in [-0.05, 0) is 11.8 Å². The molecule has 0 spiro atoms. The fraction of sp³-hybridized carbons (Fsp3) is 0.800. The molecule has 1 heterocycles. The molecule has 0 bridgehead atoms. The molecular weight excluding hydrogens is 180 g/mol. The van der Waals surface area contributed by atoms with Crippen LogP contribution in [0.25, 0.3) is 0 Å². The third kappa shape index (κ3) is 2.80. The highest BCUT2D eigenvalue weighted by molar-refractivity contribution is 6.05. The number of imide groups is 1. The van der Waals surface area contributed by atoms with Crippen LogP contribution in [0.5, 0.6) is 0 Å². The van der Waals surface area contributed by atoms with E-state index in [1.807, 2.05) is 0 Å². The highest BCUT2D eigenvalue weighted by atomic mass is 16.2. The summed E-state index contributed by atoms with van der Waals surface area (Å²) in [5.41, 5.74) is 0.173. The molecular formula is C10H18N2O2. The average Bonchev–Trinajstić information content (AvgIpc) is 2.42. The second-order valence-electron chi connectivity index (χ2n) is 4.57. The third-order valence-electron chi connectivity index (χ3n) is 2.75. The molecule has 80 valence electrons. The Labute approximate surface area is 84.4 Å². The van der Waals surface area contributed by atoms with Gasteiger partial charge in [-0.1, -0.05) is 20.8 Å². The summed E-state index contributed by atoms with van der Waals surface area (Å²) in [7, 11) is 0. The van der Waals surface area contributed by atoms with Crippen molar-refractivity contribution in [2.24, 2.45) is 5.41 Å². The normalized spacial score (nSPS) is 22.6. The molecule has 1 fully saturated rings. The van der Waals surface area contributed by atoms with E-state index in [9.17, 15) is 9.59 Å². The van der Waals surface area contributed by atoms with E-state index in [2.05, 4.69) is 31.4 Å². The van der Waals surface area contributed by atoms with E-state index in [1.54, 1.807) is 0 Å². The van der Waals surface area contributed by atoms with Crippen molar-refractivity contribution in [1.29, 1.82) is 0 Å². The van der Waals surface area contributed by atoms with Gasteiger partial charge in [-0.15, -0.1) is 0 Å². The molecule has 0 saturated carbocycles. The first-order valence-corrected chi connectivity index (χ1v) is 5.02. The van der Waals surface area contributed by atoms with Crippen LogP contribution in [-0.4, -0.2) is 24.4 Å². The second kappa shape index (κ2) is 4.09. The van der Waals surface area contributed by atoms with Crippen molar-refractivity contribution >= 4 is 11.8 Å². The zero-order valence-electron chi connectivity index (χ0n) is 9.02. The minimum Gasteiger partial charge on any atom is -0.305 e. The molecule has 4 heteroatoms. The highest BCUT2D eigenvalue weighted by Gasteiger charge is 2.31. The topological polar surface area (TPSA) is 58.2 Å². The summed E-state index contributed by atoms with van der Waals surface area (Å²) in [6.07, 6.45) is 1.32. The van der Waals surface area contributed by atoms with Gasteiger partial charge in [-0.25, -0.2) is 0 Å². The molecule has 4 nitrogen and oxygen atoms in total. The zero-order valence-corrected chi connectivity index (χ0v) is 9.02. The van der Waals surface area contributed by atoms with Crippen LogP contribution >= 0.6 is 0 Å². The lowest BCUT2D eigenvalue weighted by Gasteiger charge is -2.24. The molecule has 0 aromatic carbocycles. The van der Waals surface area contributed by atoms with Crippen LogP contribution in [0.3, 0.4) is 0 Å². The van der Waals surface area contributed by atoms with Gasteiger partial charge >= 0.3 is 0 Å². The Balaban J connectivity index is 2.39. The highest BCUT2D eigenvalue weighted by Crippen LogP contribution is 2.18. The fourth-order valence-electron chi connectivity index (χ4n) is 1.24. The van der Waals surface area contributed by atoms with E-state index in [-0.39, 0.29) is 29.7 Å². The molecule has 0 aromatic heterocycles. The van der Waals surface area contributed by atoms with Gasteiger partial charge in [0.15, 0.2) is 0 Å². The first kappa shape index (κ1) is 11.2. The minimum absolute atomic E-state index is 0.173. The largest absolute Gasteiger partial charge is 0.305 e. The monoisotopic (exact) mass is 198 g/mol. The SMILES string of the molecule is CCC(C)(C)CNC1CC(=O)NC1=O. The van der Waals surface area contributed by atoms with Crippen molar-refractivity contribution in [3.8, 4) is 0 Å². The minimum atomic E-state index is -0.326. The number of hydrogen-bond donors (Lipinski definition) is 2. The Kier molecular flexibility index (Phi) is 3.26. The van der Waals surface area contributed by atoms with E-state index in [4.69, 9.17) is 0 Å². The maximum absolute atomic E-state index is 11.2. The van der Waals surface area contributed by atoms with Crippen molar-refractivity contribution < 1.29 is 9.59 Å². The Morgan fingerprint density at radius 3 is 2.57 bits per heavy atom. The van der Waals surface area contributed by atoms with Crippen LogP contribution in [0.15, 0.2) is 0 Å². The molecule has 1 unspecified atom stereocenters. The number of carbonyl (C=O) groups is 2. The maximum atomic E-state index is 11.2. The zero-order chi connectivity index (χ0) is 10.8. The summed E-state index contributed by atoms with van der Waals surface area (Å²) in [4.78, 5) is 22.1. The van der Waals surface area contributed by atoms with Gasteiger partial charge in [0, 0.05) is 6.54 Å². The van der Waals surface area contributed by atoms with E-state index in [0.717, 1.165) is 13.0 Å². The fourth-order valence-corrected chi connectivity index (χ4v) is 1.24. The second-order valence-corrected chi connectivity index (χ2v) is 4.57. The predicted octanol–water partition coefficient (Wildman–Crippen LogP) is 0.427. The summed E-state index contributed by atoms with van der Waals surface area (Å²) < 4.78 is 0. The number of hydrogen-bond acceptors (Lipinski definition) is 3. The summed E-state index contributed by atoms with van der Waals surface area (Å²) in [6.45, 7) is 7.14. The molecule has 0 aromatic rings. The number of rotatable bonds is 4. The maximum Gasteiger partial charge on any atom is 0.244 e. The van der Waals surface area contributed by atoms with Gasteiger partial charge < -0.3 is 5.32 Å². The van der Waals surface area contributed by atoms with Crippen LogP contribution in [-0.2, 0) is 9.59 Å². The van der Waals surface area contributed by atoms with E-state index >= 15 is 0 Å². The van der Waals surface area contributed by atoms with Crippen molar-refractivity contribution in [3.05, 3.63) is 0 Å². The standard InChI is InChI=1S/C10H18N2O2/c1-4-10(2,3)6-11-7-5-8(13)12-9(7)14/h7,11H,4-6H2,1-3H3,(H,12,13,14). The summed E-state index contributed by atoms with van der Waals surface area (Å²) in [6, 6.07) is -0.326. The quantitative estimate of drug-likeness (QED) is 0.644. The molecule has 0 radical (unpaired) electrons. The first-order valence-electron chi connectivity index (χ1n) is 5.02. The van der Waals surface area contributed by atoms with Crippen molar-refractivity contribution in [3.63, 3.8) is 0 Å². The molecule has 1 saturated heterocycles. The molecule has 14 heavy (non-hydrogen) atoms. The molecule has 2 N–H and O–H groups in total. The van der Waals surface area contributed by atoms with Crippen LogP contribution in [0, 0.1) is 5.41 Å². The Morgan fingerprint density at radius 1 is 1.50 bits per heavy atom. The van der Waals surface area contributed by atoms with Crippen LogP contribution < -0.4 is 10.6 Å². The summed E-state index contributed by atoms with van der Waals surface area (Å²) in [5.74, 6) is -0.372. The van der Waals surface area contributed by atoms with E-state index < -0.39 is 0 Å². The molecule has 1 rings (SSSR count). The summed E-state index contributed by atoms with van der Waals surface area (Å²) in [5, 5.41) is 5.40. The number of amides is 2. The van der Waals surface area contributed by atoms with Crippen molar-refractivity contribution in [2.75, 3.05) is 6.54 Å². The number of nitrogens with one attached hydrogen (secondary N) is 2. The molecule has 1 atom stereocenters. The average molecular weight is 198 g/mol. The Bertz CT molecular complexity index is 249. The van der Waals surface area contributed by atoms with Gasteiger partial charge in [-0.3, -0.25) is 14.9 Å². The first-order chi connectivity index (χ1) is 6.44. The van der Waals surface area contributed by atoms with Gasteiger partial charge in [0.25, 0.3) is 0 Å². The van der Waals surface area contributed by atoms with Gasteiger partial charge in [0.05, 0.1) is 12.5 Å². The lowest BCUT2D eigenvalue weighted by Crippen LogP contribution is -2.41.